The average Bonchev–Trinajstić information content (AvgIpc) is 2.37. The molecule has 1 aromatic rings. The van der Waals surface area contributed by atoms with Gasteiger partial charge in [0.05, 0.1) is 17.0 Å². The van der Waals surface area contributed by atoms with Gasteiger partial charge in [0.15, 0.2) is 0 Å². The number of aromatic nitrogens is 1. The lowest BCUT2D eigenvalue weighted by Crippen LogP contribution is -2.49. The number of aryl methyl sites for hydroxylation is 1. The van der Waals surface area contributed by atoms with Crippen LogP contribution in [0.4, 0.5) is 18.9 Å². The smallest absolute Gasteiger partial charge is 0.366 e. The molecule has 3 N–H and O–H groups in total. The van der Waals surface area contributed by atoms with Crippen LogP contribution in [-0.2, 0) is 16.5 Å². The summed E-state index contributed by atoms with van der Waals surface area (Å²) in [5, 5.41) is 3.03. The van der Waals surface area contributed by atoms with E-state index in [4.69, 9.17) is 5.73 Å². The van der Waals surface area contributed by atoms with Crippen molar-refractivity contribution >= 4 is 15.8 Å². The summed E-state index contributed by atoms with van der Waals surface area (Å²) in [6.45, 7) is 1.90. The third-order valence-electron chi connectivity index (χ3n) is 3.25. The summed E-state index contributed by atoms with van der Waals surface area (Å²) in [5.41, 5.74) is 0.938. The van der Waals surface area contributed by atoms with Gasteiger partial charge in [0.1, 0.15) is 0 Å². The summed E-state index contributed by atoms with van der Waals surface area (Å²) >= 11 is 0. The largest absolute Gasteiger partial charge is 0.534 e. The van der Waals surface area contributed by atoms with Crippen LogP contribution in [0.2, 0.25) is 0 Å². The van der Waals surface area contributed by atoms with Gasteiger partial charge in [-0.25, -0.2) is 4.98 Å². The first kappa shape index (κ1) is 15.8. The van der Waals surface area contributed by atoms with Gasteiger partial charge in [-0.05, 0) is 25.3 Å². The third-order valence-corrected chi connectivity index (χ3v) is 4.21. The molecule has 1 aromatic heterocycles. The molecule has 1 aliphatic heterocycles. The van der Waals surface area contributed by atoms with Crippen LogP contribution >= 0.6 is 0 Å². The van der Waals surface area contributed by atoms with E-state index in [1.807, 2.05) is 6.92 Å². The van der Waals surface area contributed by atoms with E-state index in [0.717, 1.165) is 6.07 Å². The molecule has 0 amide bonds. The van der Waals surface area contributed by atoms with E-state index < -0.39 is 27.2 Å². The molecule has 1 unspecified atom stereocenters. The van der Waals surface area contributed by atoms with Crippen molar-refractivity contribution in [2.24, 2.45) is 5.73 Å². The van der Waals surface area contributed by atoms with Crippen molar-refractivity contribution < 1.29 is 25.8 Å². The quantitative estimate of drug-likeness (QED) is 0.649. The van der Waals surface area contributed by atoms with Gasteiger partial charge in [0, 0.05) is 6.07 Å². The maximum Gasteiger partial charge on any atom is 0.534 e. The van der Waals surface area contributed by atoms with Crippen LogP contribution in [0.5, 0.6) is 5.88 Å². The van der Waals surface area contributed by atoms with Crippen LogP contribution < -0.4 is 15.2 Å². The molecule has 0 bridgehead atoms. The van der Waals surface area contributed by atoms with Crippen molar-refractivity contribution in [1.82, 2.24) is 4.98 Å². The Morgan fingerprint density at radius 2 is 2.14 bits per heavy atom. The summed E-state index contributed by atoms with van der Waals surface area (Å²) in [6.07, 6.45) is 1.60. The number of hydrogen-bond donors (Lipinski definition) is 2. The Morgan fingerprint density at radius 1 is 1.48 bits per heavy atom. The van der Waals surface area contributed by atoms with E-state index >= 15 is 0 Å². The minimum atomic E-state index is -5.71. The Balaban J connectivity index is 2.25. The molecule has 10 heteroatoms. The molecule has 118 valence electrons. The highest BCUT2D eigenvalue weighted by Crippen LogP contribution is 2.32. The molecule has 0 saturated heterocycles. The molecule has 0 radical (unpaired) electrons. The van der Waals surface area contributed by atoms with Crippen molar-refractivity contribution in [3.63, 3.8) is 0 Å². The van der Waals surface area contributed by atoms with E-state index in [9.17, 15) is 21.6 Å². The summed E-state index contributed by atoms with van der Waals surface area (Å²) < 4.78 is 62.5. The lowest BCUT2D eigenvalue weighted by atomic mass is 9.95. The average molecular weight is 325 g/mol. The molecule has 0 spiro atoms. The minimum Gasteiger partial charge on any atom is -0.366 e. The summed E-state index contributed by atoms with van der Waals surface area (Å²) in [4.78, 5) is 3.79. The summed E-state index contributed by atoms with van der Waals surface area (Å²) in [5.74, 6) is -0.617. The Hall–Kier alpha value is -1.55. The zero-order valence-corrected chi connectivity index (χ0v) is 11.9. The molecule has 0 fully saturated rings. The molecule has 0 aliphatic carbocycles. The van der Waals surface area contributed by atoms with Gasteiger partial charge < -0.3 is 15.2 Å². The summed E-state index contributed by atoms with van der Waals surface area (Å²) in [6, 6.07) is 2.45. The predicted molar refractivity (Wildman–Crippen MR) is 69.0 cm³/mol. The third kappa shape index (κ3) is 3.21. The highest BCUT2D eigenvalue weighted by atomic mass is 32.2. The first-order chi connectivity index (χ1) is 9.56. The first-order valence-electron chi connectivity index (χ1n) is 6.14. The molecule has 1 aliphatic rings. The van der Waals surface area contributed by atoms with Crippen LogP contribution in [0.15, 0.2) is 12.1 Å². The Morgan fingerprint density at radius 3 is 2.71 bits per heavy atom. The van der Waals surface area contributed by atoms with Crippen molar-refractivity contribution in [3.8, 4) is 5.88 Å². The fourth-order valence-corrected chi connectivity index (χ4v) is 2.34. The minimum absolute atomic E-state index is 0.413. The second kappa shape index (κ2) is 5.02. The standard InChI is InChI=1S/C11H14F3N3O3S/c1-2-10(15)6-5-7-8(17-10)3-4-9(16-7)20-21(18,19)11(12,13)14/h3-4,17H,2,5-6,15H2,1H3. The number of nitrogens with zero attached hydrogens (tertiary/aromatic N) is 1. The topological polar surface area (TPSA) is 94.3 Å². The zero-order chi connectivity index (χ0) is 15.9. The van der Waals surface area contributed by atoms with Gasteiger partial charge in [0.2, 0.25) is 5.88 Å². The van der Waals surface area contributed by atoms with Crippen LogP contribution in [0.3, 0.4) is 0 Å². The molecule has 1 atom stereocenters. The molecule has 0 saturated carbocycles. The first-order valence-corrected chi connectivity index (χ1v) is 7.55. The van der Waals surface area contributed by atoms with Crippen molar-refractivity contribution in [2.75, 3.05) is 5.32 Å². The van der Waals surface area contributed by atoms with Gasteiger partial charge in [-0.3, -0.25) is 0 Å². The Kier molecular flexibility index (Phi) is 3.79. The maximum absolute atomic E-state index is 12.2. The van der Waals surface area contributed by atoms with Gasteiger partial charge in [0.25, 0.3) is 0 Å². The molecule has 2 rings (SSSR count). The second-order valence-electron chi connectivity index (χ2n) is 4.76. The van der Waals surface area contributed by atoms with Gasteiger partial charge in [-0.15, -0.1) is 0 Å². The number of hydrogen-bond acceptors (Lipinski definition) is 6. The monoisotopic (exact) mass is 325 g/mol. The van der Waals surface area contributed by atoms with Crippen LogP contribution in [0.1, 0.15) is 25.5 Å². The molecule has 0 aromatic carbocycles. The van der Waals surface area contributed by atoms with Gasteiger partial charge in [-0.2, -0.15) is 21.6 Å². The number of anilines is 1. The van der Waals surface area contributed by atoms with Crippen molar-refractivity contribution in [1.29, 1.82) is 0 Å². The number of halogens is 3. The number of pyridine rings is 1. The summed E-state index contributed by atoms with van der Waals surface area (Å²) in [7, 11) is -5.71. The Bertz CT molecular complexity index is 648. The fourth-order valence-electron chi connectivity index (χ4n) is 1.93. The highest BCUT2D eigenvalue weighted by molar-refractivity contribution is 7.87. The lowest BCUT2D eigenvalue weighted by molar-refractivity contribution is -0.0501. The Labute approximate surface area is 119 Å². The van der Waals surface area contributed by atoms with Crippen LogP contribution in [0.25, 0.3) is 0 Å². The normalized spacial score (nSPS) is 22.3. The van der Waals surface area contributed by atoms with Gasteiger partial charge in [-0.1, -0.05) is 6.92 Å². The second-order valence-corrected chi connectivity index (χ2v) is 6.30. The zero-order valence-electron chi connectivity index (χ0n) is 11.1. The van der Waals surface area contributed by atoms with E-state index in [1.165, 1.54) is 6.07 Å². The molecule has 21 heavy (non-hydrogen) atoms. The SMILES string of the molecule is CCC1(N)CCc2nc(OS(=O)(=O)C(F)(F)F)ccc2N1. The predicted octanol–water partition coefficient (Wildman–Crippen LogP) is 1.73. The number of fused-ring (bicyclic) bond motifs is 1. The van der Waals surface area contributed by atoms with Crippen LogP contribution in [0, 0.1) is 0 Å². The van der Waals surface area contributed by atoms with E-state index in [1.54, 1.807) is 0 Å². The van der Waals surface area contributed by atoms with Gasteiger partial charge >= 0.3 is 15.6 Å². The molecule has 6 nitrogen and oxygen atoms in total. The van der Waals surface area contributed by atoms with Crippen LogP contribution in [-0.4, -0.2) is 24.6 Å². The fraction of sp³-hybridized carbons (Fsp3) is 0.545. The highest BCUT2D eigenvalue weighted by Gasteiger charge is 2.49. The molecular weight excluding hydrogens is 311 g/mol. The number of rotatable bonds is 3. The molecular formula is C11H14F3N3O3S. The number of nitrogens with two attached hydrogens (primary N) is 1. The van der Waals surface area contributed by atoms with E-state index in [-0.39, 0.29) is 0 Å². The van der Waals surface area contributed by atoms with Crippen molar-refractivity contribution in [3.05, 3.63) is 17.8 Å². The van der Waals surface area contributed by atoms with Crippen molar-refractivity contribution in [2.45, 2.75) is 37.4 Å². The molecule has 2 heterocycles. The van der Waals surface area contributed by atoms with E-state index in [2.05, 4.69) is 14.5 Å². The lowest BCUT2D eigenvalue weighted by Gasteiger charge is -2.35. The van der Waals surface area contributed by atoms with E-state index in [0.29, 0.717) is 30.6 Å². The number of alkyl halides is 3. The maximum atomic E-state index is 12.2. The number of nitrogens with one attached hydrogen (secondary N) is 1.